The van der Waals surface area contributed by atoms with Gasteiger partial charge in [0.25, 0.3) is 0 Å². The van der Waals surface area contributed by atoms with Crippen LogP contribution in [0.5, 0.6) is 0 Å². The molecule has 0 saturated heterocycles. The molecule has 1 aliphatic rings. The van der Waals surface area contributed by atoms with Crippen molar-refractivity contribution in [2.24, 2.45) is 5.92 Å². The minimum Gasteiger partial charge on any atom is -0.480 e. The van der Waals surface area contributed by atoms with Crippen LogP contribution in [0.4, 0.5) is 0 Å². The zero-order valence-electron chi connectivity index (χ0n) is 12.7. The Morgan fingerprint density at radius 2 is 2.00 bits per heavy atom. The molecule has 0 aliphatic carbocycles. The van der Waals surface area contributed by atoms with Gasteiger partial charge < -0.3 is 10.0 Å². The molecule has 0 fully saturated rings. The van der Waals surface area contributed by atoms with E-state index in [0.717, 1.165) is 30.4 Å². The highest BCUT2D eigenvalue weighted by atomic mass is 16.4. The summed E-state index contributed by atoms with van der Waals surface area (Å²) >= 11 is 0. The number of fused-ring (bicyclic) bond motifs is 1. The van der Waals surface area contributed by atoms with Crippen molar-refractivity contribution in [2.75, 3.05) is 0 Å². The van der Waals surface area contributed by atoms with Crippen molar-refractivity contribution in [1.82, 2.24) is 4.90 Å². The normalized spacial score (nSPS) is 19.0. The van der Waals surface area contributed by atoms with Crippen LogP contribution in [0.25, 0.3) is 0 Å². The second-order valence-corrected chi connectivity index (χ2v) is 5.84. The van der Waals surface area contributed by atoms with Crippen molar-refractivity contribution in [1.29, 1.82) is 0 Å². The number of hydrogen-bond donors (Lipinski definition) is 1. The van der Waals surface area contributed by atoms with E-state index in [2.05, 4.69) is 6.92 Å². The summed E-state index contributed by atoms with van der Waals surface area (Å²) in [6.45, 7) is 4.40. The first kappa shape index (κ1) is 15.5. The molecule has 1 amide bonds. The van der Waals surface area contributed by atoms with Gasteiger partial charge in [-0.05, 0) is 17.5 Å². The summed E-state index contributed by atoms with van der Waals surface area (Å²) in [6.07, 6.45) is 3.26. The average molecular weight is 289 g/mol. The molecule has 1 aromatic carbocycles. The van der Waals surface area contributed by atoms with E-state index in [1.165, 1.54) is 0 Å². The second-order valence-electron chi connectivity index (χ2n) is 5.84. The van der Waals surface area contributed by atoms with Crippen LogP contribution in [-0.4, -0.2) is 27.9 Å². The van der Waals surface area contributed by atoms with E-state index >= 15 is 0 Å². The zero-order chi connectivity index (χ0) is 15.4. The fourth-order valence-electron chi connectivity index (χ4n) is 2.89. The van der Waals surface area contributed by atoms with E-state index in [4.69, 9.17) is 0 Å². The summed E-state index contributed by atoms with van der Waals surface area (Å²) in [6, 6.07) is 7.04. The molecule has 21 heavy (non-hydrogen) atoms. The summed E-state index contributed by atoms with van der Waals surface area (Å²) in [7, 11) is 0. The van der Waals surface area contributed by atoms with Crippen LogP contribution in [0, 0.1) is 5.92 Å². The first-order valence-electron chi connectivity index (χ1n) is 7.64. The van der Waals surface area contributed by atoms with Crippen LogP contribution < -0.4 is 0 Å². The SMILES string of the molecule is CCCCC(C)C(=O)N1Cc2ccccc2CC1C(=O)O. The molecular formula is C17H23NO3. The van der Waals surface area contributed by atoms with E-state index in [9.17, 15) is 14.7 Å². The Kier molecular flexibility index (Phi) is 4.99. The third-order valence-corrected chi connectivity index (χ3v) is 4.23. The number of benzene rings is 1. The lowest BCUT2D eigenvalue weighted by Gasteiger charge is -2.36. The molecule has 0 radical (unpaired) electrons. The van der Waals surface area contributed by atoms with Gasteiger partial charge in [-0.3, -0.25) is 4.79 Å². The fourth-order valence-corrected chi connectivity index (χ4v) is 2.89. The van der Waals surface area contributed by atoms with Gasteiger partial charge in [-0.1, -0.05) is 51.0 Å². The van der Waals surface area contributed by atoms with Crippen LogP contribution >= 0.6 is 0 Å². The van der Waals surface area contributed by atoms with Crippen molar-refractivity contribution in [3.8, 4) is 0 Å². The third kappa shape index (κ3) is 3.43. The van der Waals surface area contributed by atoms with Gasteiger partial charge in [0.1, 0.15) is 6.04 Å². The van der Waals surface area contributed by atoms with Gasteiger partial charge in [0, 0.05) is 18.9 Å². The fraction of sp³-hybridized carbons (Fsp3) is 0.529. The van der Waals surface area contributed by atoms with E-state index < -0.39 is 12.0 Å². The van der Waals surface area contributed by atoms with Crippen LogP contribution in [0.1, 0.15) is 44.2 Å². The maximum Gasteiger partial charge on any atom is 0.326 e. The molecule has 1 heterocycles. The maximum atomic E-state index is 12.6. The smallest absolute Gasteiger partial charge is 0.326 e. The molecule has 0 aromatic heterocycles. The van der Waals surface area contributed by atoms with Crippen LogP contribution in [-0.2, 0) is 22.6 Å². The Hall–Kier alpha value is -1.84. The molecule has 0 spiro atoms. The van der Waals surface area contributed by atoms with E-state index in [-0.39, 0.29) is 11.8 Å². The van der Waals surface area contributed by atoms with Gasteiger partial charge in [0.15, 0.2) is 0 Å². The molecule has 4 nitrogen and oxygen atoms in total. The quantitative estimate of drug-likeness (QED) is 0.906. The number of carboxylic acid groups (broad SMARTS) is 1. The molecule has 1 aliphatic heterocycles. The second kappa shape index (κ2) is 6.74. The molecule has 114 valence electrons. The van der Waals surface area contributed by atoms with Crippen LogP contribution in [0.15, 0.2) is 24.3 Å². The molecule has 1 N–H and O–H groups in total. The molecule has 0 saturated carbocycles. The summed E-state index contributed by atoms with van der Waals surface area (Å²) in [4.78, 5) is 25.7. The molecule has 2 rings (SSSR count). The Bertz CT molecular complexity index is 527. The van der Waals surface area contributed by atoms with Gasteiger partial charge in [0.2, 0.25) is 5.91 Å². The largest absolute Gasteiger partial charge is 0.480 e. The van der Waals surface area contributed by atoms with Gasteiger partial charge in [-0.25, -0.2) is 4.79 Å². The lowest BCUT2D eigenvalue weighted by Crippen LogP contribution is -2.50. The number of nitrogens with zero attached hydrogens (tertiary/aromatic N) is 1. The molecular weight excluding hydrogens is 266 g/mol. The molecule has 0 bridgehead atoms. The highest BCUT2D eigenvalue weighted by Crippen LogP contribution is 2.26. The summed E-state index contributed by atoms with van der Waals surface area (Å²) in [5, 5.41) is 9.45. The number of rotatable bonds is 5. The lowest BCUT2D eigenvalue weighted by molar-refractivity contribution is -0.153. The Labute approximate surface area is 125 Å². The van der Waals surface area contributed by atoms with Gasteiger partial charge >= 0.3 is 5.97 Å². The summed E-state index contributed by atoms with van der Waals surface area (Å²) in [5.41, 5.74) is 2.10. The summed E-state index contributed by atoms with van der Waals surface area (Å²) < 4.78 is 0. The van der Waals surface area contributed by atoms with E-state index in [0.29, 0.717) is 13.0 Å². The number of carbonyl (C=O) groups excluding carboxylic acids is 1. The highest BCUT2D eigenvalue weighted by Gasteiger charge is 2.35. The predicted octanol–water partition coefficient (Wildman–Crippen LogP) is 2.85. The van der Waals surface area contributed by atoms with Crippen molar-refractivity contribution < 1.29 is 14.7 Å². The number of carboxylic acids is 1. The molecule has 4 heteroatoms. The molecule has 1 aromatic rings. The number of carbonyl (C=O) groups is 2. The van der Waals surface area contributed by atoms with Crippen molar-refractivity contribution >= 4 is 11.9 Å². The number of unbranched alkanes of at least 4 members (excludes halogenated alkanes) is 1. The first-order valence-corrected chi connectivity index (χ1v) is 7.64. The van der Waals surface area contributed by atoms with Gasteiger partial charge in [0.05, 0.1) is 0 Å². The van der Waals surface area contributed by atoms with E-state index in [1.54, 1.807) is 4.90 Å². The van der Waals surface area contributed by atoms with Crippen molar-refractivity contribution in [3.63, 3.8) is 0 Å². The maximum absolute atomic E-state index is 12.6. The highest BCUT2D eigenvalue weighted by molar-refractivity contribution is 5.85. The number of aliphatic carboxylic acids is 1. The zero-order valence-corrected chi connectivity index (χ0v) is 12.7. The lowest BCUT2D eigenvalue weighted by atomic mass is 9.92. The number of amides is 1. The minimum absolute atomic E-state index is 0.0367. The minimum atomic E-state index is -0.916. The Balaban J connectivity index is 2.20. The monoisotopic (exact) mass is 289 g/mol. The topological polar surface area (TPSA) is 57.6 Å². The van der Waals surface area contributed by atoms with Crippen molar-refractivity contribution in [3.05, 3.63) is 35.4 Å². The van der Waals surface area contributed by atoms with Crippen LogP contribution in [0.2, 0.25) is 0 Å². The van der Waals surface area contributed by atoms with Crippen LogP contribution in [0.3, 0.4) is 0 Å². The average Bonchev–Trinajstić information content (AvgIpc) is 2.50. The van der Waals surface area contributed by atoms with Gasteiger partial charge in [-0.15, -0.1) is 0 Å². The molecule has 2 atom stereocenters. The molecule has 2 unspecified atom stereocenters. The summed E-state index contributed by atoms with van der Waals surface area (Å²) in [5.74, 6) is -1.07. The Morgan fingerprint density at radius 1 is 1.33 bits per heavy atom. The van der Waals surface area contributed by atoms with Crippen molar-refractivity contribution in [2.45, 2.75) is 52.1 Å². The van der Waals surface area contributed by atoms with Gasteiger partial charge in [-0.2, -0.15) is 0 Å². The third-order valence-electron chi connectivity index (χ3n) is 4.23. The van der Waals surface area contributed by atoms with E-state index in [1.807, 2.05) is 31.2 Å². The Morgan fingerprint density at radius 3 is 2.62 bits per heavy atom. The first-order chi connectivity index (χ1) is 10.0. The predicted molar refractivity (Wildman–Crippen MR) is 80.8 cm³/mol. The number of hydrogen-bond acceptors (Lipinski definition) is 2. The standard InChI is InChI=1S/C17H23NO3/c1-3-4-7-12(2)16(19)18-11-14-9-6-5-8-13(14)10-15(18)17(20)21/h5-6,8-9,12,15H,3-4,7,10-11H2,1-2H3,(H,20,21).